The van der Waals surface area contributed by atoms with E-state index in [0.717, 1.165) is 0 Å². The molecule has 1 unspecified atom stereocenters. The molecule has 86 valence electrons. The van der Waals surface area contributed by atoms with Crippen LogP contribution in [0.5, 0.6) is 0 Å². The van der Waals surface area contributed by atoms with Gasteiger partial charge in [-0.2, -0.15) is 0 Å². The average Bonchev–Trinajstić information content (AvgIpc) is 2.22. The smallest absolute Gasteiger partial charge is 0.175 e. The molecule has 1 aliphatic rings. The molecule has 1 aromatic rings. The Hall–Kier alpha value is -1.16. The van der Waals surface area contributed by atoms with Crippen molar-refractivity contribution in [2.75, 3.05) is 18.0 Å². The number of alkyl halides is 1. The maximum Gasteiger partial charge on any atom is 0.175 e. The van der Waals surface area contributed by atoms with Gasteiger partial charge in [-0.1, -0.05) is 11.6 Å². The van der Waals surface area contributed by atoms with Gasteiger partial charge in [-0.25, -0.2) is 8.78 Å². The van der Waals surface area contributed by atoms with Crippen LogP contribution >= 0.6 is 11.6 Å². The molecule has 1 aromatic carbocycles. The van der Waals surface area contributed by atoms with Gasteiger partial charge in [-0.3, -0.25) is 4.79 Å². The number of hydrogen-bond acceptors (Lipinski definition) is 2. The van der Waals surface area contributed by atoms with Crippen molar-refractivity contribution in [1.29, 1.82) is 0 Å². The highest BCUT2D eigenvalue weighted by Gasteiger charge is 2.27. The van der Waals surface area contributed by atoms with E-state index in [1.165, 1.54) is 17.0 Å². The lowest BCUT2D eigenvalue weighted by Gasteiger charge is -2.30. The van der Waals surface area contributed by atoms with E-state index in [4.69, 9.17) is 11.6 Å². The van der Waals surface area contributed by atoms with Crippen molar-refractivity contribution < 1.29 is 13.6 Å². The van der Waals surface area contributed by atoms with Crippen LogP contribution in [0.2, 0.25) is 5.02 Å². The summed E-state index contributed by atoms with van der Waals surface area (Å²) in [4.78, 5) is 12.5. The summed E-state index contributed by atoms with van der Waals surface area (Å²) in [6.07, 6.45) is -1.41. The molecule has 1 fully saturated rings. The van der Waals surface area contributed by atoms with E-state index in [1.807, 2.05) is 0 Å². The standard InChI is InChI=1S/C11H10ClF2NO/c12-7-1-2-10(8(13)5-7)15-4-3-11(16)9(14)6-15/h1-2,5,9H,3-4,6H2. The Morgan fingerprint density at radius 3 is 2.81 bits per heavy atom. The Morgan fingerprint density at radius 2 is 2.19 bits per heavy atom. The maximum absolute atomic E-state index is 13.5. The van der Waals surface area contributed by atoms with Gasteiger partial charge >= 0.3 is 0 Å². The summed E-state index contributed by atoms with van der Waals surface area (Å²) in [5.74, 6) is -0.903. The number of carbonyl (C=O) groups is 1. The fraction of sp³-hybridized carbons (Fsp3) is 0.364. The van der Waals surface area contributed by atoms with E-state index >= 15 is 0 Å². The molecule has 0 N–H and O–H groups in total. The molecule has 0 spiro atoms. The first kappa shape index (κ1) is 11.3. The minimum absolute atomic E-state index is 0.0859. The molecule has 1 saturated heterocycles. The SMILES string of the molecule is O=C1CCN(c2ccc(Cl)cc2F)CC1F. The lowest BCUT2D eigenvalue weighted by atomic mass is 10.1. The Labute approximate surface area is 96.8 Å². The van der Waals surface area contributed by atoms with Crippen molar-refractivity contribution in [3.63, 3.8) is 0 Å². The van der Waals surface area contributed by atoms with Crippen molar-refractivity contribution in [2.45, 2.75) is 12.6 Å². The molecular formula is C11H10ClF2NO. The Kier molecular flexibility index (Phi) is 3.10. The van der Waals surface area contributed by atoms with E-state index in [2.05, 4.69) is 0 Å². The number of carbonyl (C=O) groups excluding carboxylic acids is 1. The Morgan fingerprint density at radius 1 is 1.44 bits per heavy atom. The van der Waals surface area contributed by atoms with Gasteiger partial charge in [-0.05, 0) is 18.2 Å². The minimum Gasteiger partial charge on any atom is -0.365 e. The summed E-state index contributed by atoms with van der Waals surface area (Å²) >= 11 is 5.62. The highest BCUT2D eigenvalue weighted by molar-refractivity contribution is 6.30. The largest absolute Gasteiger partial charge is 0.365 e. The van der Waals surface area contributed by atoms with E-state index in [1.54, 1.807) is 6.07 Å². The van der Waals surface area contributed by atoms with Crippen molar-refractivity contribution in [2.24, 2.45) is 0 Å². The molecule has 5 heteroatoms. The molecular weight excluding hydrogens is 236 g/mol. The predicted octanol–water partition coefficient (Wildman–Crippen LogP) is 2.60. The number of benzene rings is 1. The summed E-state index contributed by atoms with van der Waals surface area (Å²) in [6.45, 7) is 0.259. The monoisotopic (exact) mass is 245 g/mol. The van der Waals surface area contributed by atoms with Crippen molar-refractivity contribution >= 4 is 23.1 Å². The number of hydrogen-bond donors (Lipinski definition) is 0. The van der Waals surface area contributed by atoms with E-state index in [9.17, 15) is 13.6 Å². The van der Waals surface area contributed by atoms with Crippen LogP contribution in [0.25, 0.3) is 0 Å². The predicted molar refractivity (Wildman–Crippen MR) is 58.1 cm³/mol. The first-order valence-electron chi connectivity index (χ1n) is 4.94. The van der Waals surface area contributed by atoms with Gasteiger partial charge in [0.15, 0.2) is 12.0 Å². The summed E-state index contributed by atoms with van der Waals surface area (Å²) < 4.78 is 26.7. The molecule has 16 heavy (non-hydrogen) atoms. The number of ketones is 1. The van der Waals surface area contributed by atoms with Crippen LogP contribution in [-0.2, 0) is 4.79 Å². The normalized spacial score (nSPS) is 21.3. The number of halogens is 3. The first-order chi connectivity index (χ1) is 7.58. The lowest BCUT2D eigenvalue weighted by Crippen LogP contribution is -2.42. The van der Waals surface area contributed by atoms with Gasteiger partial charge in [0.1, 0.15) is 5.82 Å². The van der Waals surface area contributed by atoms with Gasteiger partial charge in [0.25, 0.3) is 0 Å². The zero-order valence-corrected chi connectivity index (χ0v) is 9.18. The van der Waals surface area contributed by atoms with Crippen molar-refractivity contribution in [3.8, 4) is 0 Å². The van der Waals surface area contributed by atoms with Gasteiger partial charge in [0, 0.05) is 18.0 Å². The molecule has 0 aliphatic carbocycles. The maximum atomic E-state index is 13.5. The molecule has 1 aliphatic heterocycles. The lowest BCUT2D eigenvalue weighted by molar-refractivity contribution is -0.124. The molecule has 0 amide bonds. The van der Waals surface area contributed by atoms with E-state index < -0.39 is 17.8 Å². The van der Waals surface area contributed by atoms with Crippen LogP contribution in [0.3, 0.4) is 0 Å². The van der Waals surface area contributed by atoms with Crippen LogP contribution in [-0.4, -0.2) is 25.0 Å². The third-order valence-electron chi connectivity index (χ3n) is 2.61. The van der Waals surface area contributed by atoms with E-state index in [-0.39, 0.29) is 13.0 Å². The first-order valence-corrected chi connectivity index (χ1v) is 5.32. The van der Waals surface area contributed by atoms with Crippen LogP contribution in [0, 0.1) is 5.82 Å². The summed E-state index contributed by atoms with van der Waals surface area (Å²) in [5.41, 5.74) is 0.291. The van der Waals surface area contributed by atoms with Crippen LogP contribution in [0.1, 0.15) is 6.42 Å². The zero-order chi connectivity index (χ0) is 11.7. The average molecular weight is 246 g/mol. The number of piperidine rings is 1. The highest BCUT2D eigenvalue weighted by atomic mass is 35.5. The quantitative estimate of drug-likeness (QED) is 0.758. The van der Waals surface area contributed by atoms with Crippen LogP contribution in [0.4, 0.5) is 14.5 Å². The third kappa shape index (κ3) is 2.16. The third-order valence-corrected chi connectivity index (χ3v) is 2.84. The molecule has 0 saturated carbocycles. The van der Waals surface area contributed by atoms with E-state index in [0.29, 0.717) is 17.3 Å². The fourth-order valence-corrected chi connectivity index (χ4v) is 1.90. The molecule has 0 radical (unpaired) electrons. The molecule has 0 aromatic heterocycles. The van der Waals surface area contributed by atoms with Gasteiger partial charge in [0.05, 0.1) is 12.2 Å². The van der Waals surface area contributed by atoms with Gasteiger partial charge in [0.2, 0.25) is 0 Å². The summed E-state index contributed by atoms with van der Waals surface area (Å²) in [7, 11) is 0. The Bertz CT molecular complexity index is 424. The van der Waals surface area contributed by atoms with Gasteiger partial charge < -0.3 is 4.90 Å². The second-order valence-electron chi connectivity index (χ2n) is 3.73. The number of nitrogens with zero attached hydrogens (tertiary/aromatic N) is 1. The topological polar surface area (TPSA) is 20.3 Å². The number of rotatable bonds is 1. The van der Waals surface area contributed by atoms with Gasteiger partial charge in [-0.15, -0.1) is 0 Å². The summed E-state index contributed by atoms with van der Waals surface area (Å²) in [6, 6.07) is 4.23. The molecule has 0 bridgehead atoms. The minimum atomic E-state index is -1.52. The second kappa shape index (κ2) is 4.37. The van der Waals surface area contributed by atoms with Crippen LogP contribution in [0.15, 0.2) is 18.2 Å². The van der Waals surface area contributed by atoms with Crippen molar-refractivity contribution in [1.82, 2.24) is 0 Å². The van der Waals surface area contributed by atoms with Crippen molar-refractivity contribution in [3.05, 3.63) is 29.0 Å². The number of anilines is 1. The Balaban J connectivity index is 2.21. The molecule has 2 rings (SSSR count). The second-order valence-corrected chi connectivity index (χ2v) is 4.16. The molecule has 2 nitrogen and oxygen atoms in total. The zero-order valence-electron chi connectivity index (χ0n) is 8.42. The molecule has 1 atom stereocenters. The number of Topliss-reactive ketones (excluding diaryl/α,β-unsaturated/α-hetero) is 1. The highest BCUT2D eigenvalue weighted by Crippen LogP contribution is 2.25. The summed E-state index contributed by atoms with van der Waals surface area (Å²) in [5, 5.41) is 0.297. The van der Waals surface area contributed by atoms with Crippen LogP contribution < -0.4 is 4.90 Å². The molecule has 1 heterocycles. The fourth-order valence-electron chi connectivity index (χ4n) is 1.74.